The van der Waals surface area contributed by atoms with Gasteiger partial charge in [0.15, 0.2) is 11.6 Å². The normalized spacial score (nSPS) is 17.6. The van der Waals surface area contributed by atoms with Gasteiger partial charge >= 0.3 is 0 Å². The lowest BCUT2D eigenvalue weighted by Gasteiger charge is -2.44. The van der Waals surface area contributed by atoms with E-state index in [1.165, 1.54) is 20.2 Å². The van der Waals surface area contributed by atoms with E-state index in [9.17, 15) is 30.8 Å². The molecule has 1 aliphatic rings. The van der Waals surface area contributed by atoms with Gasteiger partial charge in [-0.25, -0.2) is 35.7 Å². The first-order valence-electron chi connectivity index (χ1n) is 8.13. The highest BCUT2D eigenvalue weighted by molar-refractivity contribution is 9.10. The number of hydrogen-bond donors (Lipinski definition) is 2. The molecular weight excluding hydrogens is 484 g/mol. The maximum Gasteiger partial charge on any atom is 0.275 e. The quantitative estimate of drug-likeness (QED) is 0.489. The molecule has 0 unspecified atom stereocenters. The number of pyridine rings is 1. The molecule has 1 fully saturated rings. The van der Waals surface area contributed by atoms with Gasteiger partial charge in [0.1, 0.15) is 15.2 Å². The van der Waals surface area contributed by atoms with Crippen molar-refractivity contribution in [2.45, 2.75) is 36.1 Å². The van der Waals surface area contributed by atoms with Crippen LogP contribution in [-0.4, -0.2) is 35.3 Å². The number of rotatable bonds is 5. The Hall–Kier alpha value is -1.99. The molecule has 3 rings (SSSR count). The molecule has 2 N–H and O–H groups in total. The fraction of sp³-hybridized carbons (Fsp3) is 0.375. The average molecular weight is 499 g/mol. The molecule has 13 heteroatoms. The third-order valence-electron chi connectivity index (χ3n) is 4.37. The molecule has 0 radical (unpaired) electrons. The Balaban J connectivity index is 1.88. The van der Waals surface area contributed by atoms with Gasteiger partial charge < -0.3 is 9.88 Å². The van der Waals surface area contributed by atoms with Gasteiger partial charge in [-0.1, -0.05) is 0 Å². The molecule has 1 amide bonds. The van der Waals surface area contributed by atoms with Crippen molar-refractivity contribution in [1.29, 1.82) is 0 Å². The third kappa shape index (κ3) is 4.16. The van der Waals surface area contributed by atoms with Crippen LogP contribution in [0.2, 0.25) is 0 Å². The maximum absolute atomic E-state index is 14.8. The summed E-state index contributed by atoms with van der Waals surface area (Å²) in [6.45, 7) is 1.28. The SMILES string of the molecule is Cn1cc(S(=O)(=O)NC2(C)CC(F)(F)C2)c(F)c1C(=O)Nc1ccnc(Br)c1F. The van der Waals surface area contributed by atoms with Crippen LogP contribution in [0.15, 0.2) is 28.0 Å². The number of anilines is 1. The highest BCUT2D eigenvalue weighted by Gasteiger charge is 2.55. The lowest BCUT2D eigenvalue weighted by Crippen LogP contribution is -2.60. The van der Waals surface area contributed by atoms with E-state index < -0.39 is 62.5 Å². The fourth-order valence-corrected chi connectivity index (χ4v) is 5.12. The van der Waals surface area contributed by atoms with E-state index in [1.54, 1.807) is 0 Å². The number of halogens is 5. The summed E-state index contributed by atoms with van der Waals surface area (Å²) in [6, 6.07) is 1.13. The molecule has 0 aromatic carbocycles. The van der Waals surface area contributed by atoms with E-state index in [2.05, 4.69) is 31.0 Å². The van der Waals surface area contributed by atoms with Gasteiger partial charge in [0.25, 0.3) is 11.8 Å². The largest absolute Gasteiger partial charge is 0.343 e. The van der Waals surface area contributed by atoms with Crippen molar-refractivity contribution in [3.05, 3.63) is 40.4 Å². The molecule has 2 heterocycles. The highest BCUT2D eigenvalue weighted by atomic mass is 79.9. The number of alkyl halides is 2. The number of carbonyl (C=O) groups excluding carboxylic acids is 1. The first-order valence-corrected chi connectivity index (χ1v) is 10.4. The van der Waals surface area contributed by atoms with Gasteiger partial charge in [-0.3, -0.25) is 4.79 Å². The Bertz CT molecular complexity index is 1100. The van der Waals surface area contributed by atoms with Crippen LogP contribution in [0.1, 0.15) is 30.3 Å². The van der Waals surface area contributed by atoms with Crippen LogP contribution in [0.25, 0.3) is 0 Å². The summed E-state index contributed by atoms with van der Waals surface area (Å²) in [5.74, 6) is -6.39. The molecule has 1 aliphatic carbocycles. The molecule has 0 spiro atoms. The van der Waals surface area contributed by atoms with Crippen molar-refractivity contribution < 1.29 is 30.8 Å². The predicted octanol–water partition coefficient (Wildman–Crippen LogP) is 3.18. The minimum atomic E-state index is -4.53. The Morgan fingerprint density at radius 3 is 2.48 bits per heavy atom. The Labute approximate surface area is 171 Å². The van der Waals surface area contributed by atoms with Crippen molar-refractivity contribution in [1.82, 2.24) is 14.3 Å². The number of sulfonamides is 1. The molecule has 0 atom stereocenters. The van der Waals surface area contributed by atoms with Crippen LogP contribution >= 0.6 is 15.9 Å². The second-order valence-corrected chi connectivity index (χ2v) is 9.46. The molecule has 158 valence electrons. The Morgan fingerprint density at radius 1 is 1.28 bits per heavy atom. The molecule has 2 aromatic heterocycles. The van der Waals surface area contributed by atoms with E-state index in [4.69, 9.17) is 0 Å². The topological polar surface area (TPSA) is 93.1 Å². The molecule has 7 nitrogen and oxygen atoms in total. The van der Waals surface area contributed by atoms with Crippen LogP contribution in [0.5, 0.6) is 0 Å². The number of aryl methyl sites for hydroxylation is 1. The number of nitrogens with zero attached hydrogens (tertiary/aromatic N) is 2. The lowest BCUT2D eigenvalue weighted by atomic mass is 9.76. The van der Waals surface area contributed by atoms with Crippen molar-refractivity contribution in [3.63, 3.8) is 0 Å². The molecule has 29 heavy (non-hydrogen) atoms. The first kappa shape index (κ1) is 21.7. The average Bonchev–Trinajstić information content (AvgIpc) is 2.84. The van der Waals surface area contributed by atoms with Crippen LogP contribution < -0.4 is 10.0 Å². The van der Waals surface area contributed by atoms with E-state index in [1.807, 2.05) is 0 Å². The van der Waals surface area contributed by atoms with Gasteiger partial charge in [0.2, 0.25) is 10.0 Å². The summed E-state index contributed by atoms with van der Waals surface area (Å²) in [5.41, 5.74) is -2.41. The van der Waals surface area contributed by atoms with E-state index in [0.717, 1.165) is 16.8 Å². The number of hydrogen-bond acceptors (Lipinski definition) is 4. The van der Waals surface area contributed by atoms with Gasteiger partial charge in [-0.05, 0) is 28.9 Å². The molecule has 2 aromatic rings. The van der Waals surface area contributed by atoms with E-state index in [-0.39, 0.29) is 10.3 Å². The lowest BCUT2D eigenvalue weighted by molar-refractivity contribution is -0.121. The third-order valence-corrected chi connectivity index (χ3v) is 6.54. The predicted molar refractivity (Wildman–Crippen MR) is 98.1 cm³/mol. The van der Waals surface area contributed by atoms with Crippen LogP contribution in [-0.2, 0) is 17.1 Å². The minimum Gasteiger partial charge on any atom is -0.343 e. The summed E-state index contributed by atoms with van der Waals surface area (Å²) in [5, 5.41) is 2.14. The van der Waals surface area contributed by atoms with Gasteiger partial charge in [-0.2, -0.15) is 0 Å². The molecular formula is C16H15BrF4N4O3S. The van der Waals surface area contributed by atoms with Gasteiger partial charge in [-0.15, -0.1) is 0 Å². The second kappa shape index (κ2) is 7.06. The summed E-state index contributed by atoms with van der Waals surface area (Å²) < 4.78 is 82.8. The number of amides is 1. The Kier molecular flexibility index (Phi) is 5.28. The van der Waals surface area contributed by atoms with E-state index >= 15 is 0 Å². The molecule has 1 saturated carbocycles. The minimum absolute atomic E-state index is 0.180. The van der Waals surface area contributed by atoms with Gasteiger partial charge in [0, 0.05) is 37.8 Å². The zero-order valence-corrected chi connectivity index (χ0v) is 17.5. The summed E-state index contributed by atoms with van der Waals surface area (Å²) in [4.78, 5) is 15.2. The van der Waals surface area contributed by atoms with Crippen molar-refractivity contribution >= 4 is 37.5 Å². The maximum atomic E-state index is 14.8. The standard InChI is InChI=1S/C16H15BrF4N4O3S/c1-15(6-16(20,21)7-15)24-29(27,28)9-5-25(2)12(11(9)19)14(26)23-8-3-4-22-13(17)10(8)18/h3-5,24H,6-7H2,1-2H3,(H,22,23,26). The zero-order valence-electron chi connectivity index (χ0n) is 15.1. The van der Waals surface area contributed by atoms with Crippen molar-refractivity contribution in [3.8, 4) is 0 Å². The summed E-state index contributed by atoms with van der Waals surface area (Å²) in [6.07, 6.45) is 0.582. The second-order valence-electron chi connectivity index (χ2n) is 7.06. The molecule has 0 saturated heterocycles. The van der Waals surface area contributed by atoms with Crippen molar-refractivity contribution in [2.75, 3.05) is 5.32 Å². The number of nitrogens with one attached hydrogen (secondary N) is 2. The first-order chi connectivity index (χ1) is 13.2. The van der Waals surface area contributed by atoms with Crippen molar-refractivity contribution in [2.24, 2.45) is 7.05 Å². The van der Waals surface area contributed by atoms with E-state index in [0.29, 0.717) is 0 Å². The fourth-order valence-electron chi connectivity index (χ4n) is 3.25. The van der Waals surface area contributed by atoms with Crippen LogP contribution in [0, 0.1) is 11.6 Å². The molecule has 0 aliphatic heterocycles. The number of aromatic nitrogens is 2. The summed E-state index contributed by atoms with van der Waals surface area (Å²) in [7, 11) is -3.32. The Morgan fingerprint density at radius 2 is 1.90 bits per heavy atom. The smallest absolute Gasteiger partial charge is 0.275 e. The summed E-state index contributed by atoms with van der Waals surface area (Å²) >= 11 is 2.84. The van der Waals surface area contributed by atoms with Gasteiger partial charge in [0.05, 0.1) is 5.69 Å². The van der Waals surface area contributed by atoms with Crippen LogP contribution in [0.4, 0.5) is 23.2 Å². The van der Waals surface area contributed by atoms with Crippen LogP contribution in [0.3, 0.4) is 0 Å². The zero-order chi connectivity index (χ0) is 21.8. The number of carbonyl (C=O) groups is 1. The highest BCUT2D eigenvalue weighted by Crippen LogP contribution is 2.46. The monoisotopic (exact) mass is 498 g/mol. The molecule has 0 bridgehead atoms.